The van der Waals surface area contributed by atoms with Crippen LogP contribution in [0.25, 0.3) is 0 Å². The zero-order valence-corrected chi connectivity index (χ0v) is 13.7. The molecule has 0 radical (unpaired) electrons. The molecule has 1 aromatic rings. The highest BCUT2D eigenvalue weighted by Crippen LogP contribution is 2.11. The van der Waals surface area contributed by atoms with E-state index in [1.807, 2.05) is 18.2 Å². The number of benzene rings is 1. The van der Waals surface area contributed by atoms with E-state index in [1.165, 1.54) is 18.4 Å². The molecule has 2 unspecified atom stereocenters. The van der Waals surface area contributed by atoms with Crippen LogP contribution in [0.2, 0.25) is 0 Å². The number of nitrogens with zero attached hydrogens (tertiary/aromatic N) is 2. The largest absolute Gasteiger partial charge is 0.373 e. The van der Waals surface area contributed by atoms with Crippen LogP contribution in [0.1, 0.15) is 37.8 Å². The maximum absolute atomic E-state index is 8.88. The molecular weight excluding hydrogens is 274 g/mol. The summed E-state index contributed by atoms with van der Waals surface area (Å²) in [7, 11) is 0. The molecule has 0 saturated carbocycles. The van der Waals surface area contributed by atoms with Crippen LogP contribution >= 0.6 is 0 Å². The summed E-state index contributed by atoms with van der Waals surface area (Å²) < 4.78 is 5.75. The Bertz CT molecular complexity index is 487. The number of hydrogen-bond donors (Lipinski definition) is 1. The van der Waals surface area contributed by atoms with Crippen LogP contribution in [0.3, 0.4) is 0 Å². The van der Waals surface area contributed by atoms with Gasteiger partial charge in [-0.15, -0.1) is 0 Å². The molecule has 0 aromatic heterocycles. The van der Waals surface area contributed by atoms with Crippen molar-refractivity contribution in [3.05, 3.63) is 35.4 Å². The Morgan fingerprint density at radius 2 is 2.05 bits per heavy atom. The highest BCUT2D eigenvalue weighted by molar-refractivity contribution is 5.32. The van der Waals surface area contributed by atoms with Crippen molar-refractivity contribution >= 4 is 0 Å². The first-order valence-corrected chi connectivity index (χ1v) is 8.25. The average molecular weight is 301 g/mol. The van der Waals surface area contributed by atoms with Crippen molar-refractivity contribution in [2.75, 3.05) is 26.2 Å². The molecule has 1 aliphatic heterocycles. The number of nitrogens with one attached hydrogen (secondary N) is 1. The summed E-state index contributed by atoms with van der Waals surface area (Å²) >= 11 is 0. The average Bonchev–Trinajstić information content (AvgIpc) is 2.50. The first-order valence-electron chi connectivity index (χ1n) is 8.25. The quantitative estimate of drug-likeness (QED) is 0.786. The molecule has 2 rings (SSSR count). The Kier molecular flexibility index (Phi) is 6.85. The minimum Gasteiger partial charge on any atom is -0.373 e. The Morgan fingerprint density at radius 3 is 2.77 bits per heavy atom. The lowest BCUT2D eigenvalue weighted by molar-refractivity contribution is -0.0681. The van der Waals surface area contributed by atoms with Crippen LogP contribution in [0.15, 0.2) is 24.3 Å². The molecule has 22 heavy (non-hydrogen) atoms. The van der Waals surface area contributed by atoms with Crippen molar-refractivity contribution in [2.24, 2.45) is 0 Å². The molecular formula is C18H27N3O. The molecule has 1 aromatic carbocycles. The molecule has 4 heteroatoms. The second kappa shape index (κ2) is 8.89. The van der Waals surface area contributed by atoms with Crippen LogP contribution in [0, 0.1) is 11.3 Å². The van der Waals surface area contributed by atoms with Gasteiger partial charge in [0.25, 0.3) is 0 Å². The van der Waals surface area contributed by atoms with Crippen molar-refractivity contribution in [3.8, 4) is 6.07 Å². The number of rotatable bonds is 7. The third kappa shape index (κ3) is 5.76. The second-order valence-corrected chi connectivity index (χ2v) is 6.21. The topological polar surface area (TPSA) is 48.3 Å². The molecule has 1 heterocycles. The number of nitriles is 1. The molecule has 1 N–H and O–H groups in total. The Balaban J connectivity index is 1.57. The van der Waals surface area contributed by atoms with Gasteiger partial charge in [-0.05, 0) is 57.5 Å². The van der Waals surface area contributed by atoms with Gasteiger partial charge in [0, 0.05) is 19.6 Å². The summed E-state index contributed by atoms with van der Waals surface area (Å²) in [5, 5.41) is 12.3. The van der Waals surface area contributed by atoms with Gasteiger partial charge in [0.15, 0.2) is 0 Å². The van der Waals surface area contributed by atoms with Gasteiger partial charge in [0.05, 0.1) is 23.8 Å². The van der Waals surface area contributed by atoms with Crippen molar-refractivity contribution in [1.82, 2.24) is 10.2 Å². The number of hydrogen-bond acceptors (Lipinski definition) is 4. The fourth-order valence-electron chi connectivity index (χ4n) is 3.04. The standard InChI is InChI=1S/C18H27N3O/c1-15-13-21(14-16(2)22-15)9-4-3-8-20-12-18-7-5-6-17(10-18)11-19/h5-7,10,15-16,20H,3-4,8-9,12-14H2,1-2H3. The Morgan fingerprint density at radius 1 is 1.27 bits per heavy atom. The first kappa shape index (κ1) is 17.0. The summed E-state index contributed by atoms with van der Waals surface area (Å²) in [6.07, 6.45) is 3.10. The maximum atomic E-state index is 8.88. The second-order valence-electron chi connectivity index (χ2n) is 6.21. The van der Waals surface area contributed by atoms with Gasteiger partial charge in [0.1, 0.15) is 0 Å². The van der Waals surface area contributed by atoms with Gasteiger partial charge in [-0.1, -0.05) is 12.1 Å². The smallest absolute Gasteiger partial charge is 0.0991 e. The highest BCUT2D eigenvalue weighted by atomic mass is 16.5. The van der Waals surface area contributed by atoms with E-state index in [9.17, 15) is 0 Å². The molecule has 0 aliphatic carbocycles. The van der Waals surface area contributed by atoms with E-state index in [1.54, 1.807) is 0 Å². The molecule has 4 nitrogen and oxygen atoms in total. The minimum absolute atomic E-state index is 0.356. The van der Waals surface area contributed by atoms with Crippen LogP contribution in [-0.4, -0.2) is 43.3 Å². The fraction of sp³-hybridized carbons (Fsp3) is 0.611. The fourth-order valence-corrected chi connectivity index (χ4v) is 3.04. The van der Waals surface area contributed by atoms with E-state index in [0.717, 1.165) is 38.3 Å². The van der Waals surface area contributed by atoms with Gasteiger partial charge >= 0.3 is 0 Å². The van der Waals surface area contributed by atoms with Crippen LogP contribution in [0.5, 0.6) is 0 Å². The predicted molar refractivity (Wildman–Crippen MR) is 88.5 cm³/mol. The van der Waals surface area contributed by atoms with Gasteiger partial charge < -0.3 is 10.1 Å². The van der Waals surface area contributed by atoms with Gasteiger partial charge in [-0.3, -0.25) is 4.90 Å². The molecule has 1 saturated heterocycles. The van der Waals surface area contributed by atoms with E-state index < -0.39 is 0 Å². The molecule has 0 spiro atoms. The number of ether oxygens (including phenoxy) is 1. The summed E-state index contributed by atoms with van der Waals surface area (Å²) in [5.41, 5.74) is 1.91. The summed E-state index contributed by atoms with van der Waals surface area (Å²) in [6.45, 7) is 9.42. The first-order chi connectivity index (χ1) is 10.7. The minimum atomic E-state index is 0.356. The third-order valence-corrected chi connectivity index (χ3v) is 3.96. The predicted octanol–water partition coefficient (Wildman–Crippen LogP) is 2.54. The lowest BCUT2D eigenvalue weighted by atomic mass is 10.1. The highest BCUT2D eigenvalue weighted by Gasteiger charge is 2.21. The summed E-state index contributed by atoms with van der Waals surface area (Å²) in [6, 6.07) is 9.97. The lowest BCUT2D eigenvalue weighted by Gasteiger charge is -2.35. The van der Waals surface area contributed by atoms with Gasteiger partial charge in [-0.2, -0.15) is 5.26 Å². The van der Waals surface area contributed by atoms with E-state index in [4.69, 9.17) is 10.00 Å². The Hall–Kier alpha value is -1.41. The molecule has 1 fully saturated rings. The van der Waals surface area contributed by atoms with Crippen LogP contribution in [0.4, 0.5) is 0 Å². The molecule has 0 amide bonds. The van der Waals surface area contributed by atoms with Crippen LogP contribution < -0.4 is 5.32 Å². The van der Waals surface area contributed by atoms with Crippen molar-refractivity contribution in [3.63, 3.8) is 0 Å². The summed E-state index contributed by atoms with van der Waals surface area (Å²) in [4.78, 5) is 2.51. The van der Waals surface area contributed by atoms with Gasteiger partial charge in [0.2, 0.25) is 0 Å². The molecule has 2 atom stereocenters. The van der Waals surface area contributed by atoms with E-state index in [0.29, 0.717) is 12.2 Å². The van der Waals surface area contributed by atoms with Crippen molar-refractivity contribution < 1.29 is 4.74 Å². The monoisotopic (exact) mass is 301 g/mol. The van der Waals surface area contributed by atoms with E-state index in [-0.39, 0.29) is 0 Å². The molecule has 120 valence electrons. The SMILES string of the molecule is CC1CN(CCCCNCc2cccc(C#N)c2)CC(C)O1. The zero-order valence-electron chi connectivity index (χ0n) is 13.7. The summed E-state index contributed by atoms with van der Waals surface area (Å²) in [5.74, 6) is 0. The van der Waals surface area contributed by atoms with Crippen LogP contribution in [-0.2, 0) is 11.3 Å². The Labute approximate surface area is 134 Å². The maximum Gasteiger partial charge on any atom is 0.0991 e. The van der Waals surface area contributed by atoms with Crippen molar-refractivity contribution in [1.29, 1.82) is 5.26 Å². The number of morpholine rings is 1. The number of unbranched alkanes of at least 4 members (excludes halogenated alkanes) is 1. The van der Waals surface area contributed by atoms with Gasteiger partial charge in [-0.25, -0.2) is 0 Å². The van der Waals surface area contributed by atoms with Crippen molar-refractivity contribution in [2.45, 2.75) is 45.4 Å². The van der Waals surface area contributed by atoms with E-state index >= 15 is 0 Å². The molecule has 0 bridgehead atoms. The van der Waals surface area contributed by atoms with E-state index in [2.05, 4.69) is 36.2 Å². The zero-order chi connectivity index (χ0) is 15.8. The molecule has 1 aliphatic rings. The third-order valence-electron chi connectivity index (χ3n) is 3.96. The lowest BCUT2D eigenvalue weighted by Crippen LogP contribution is -2.45. The normalized spacial score (nSPS) is 22.4.